The van der Waals surface area contributed by atoms with Gasteiger partial charge in [-0.3, -0.25) is 9.69 Å². The fraction of sp³-hybridized carbons (Fsp3) is 0.636. The summed E-state index contributed by atoms with van der Waals surface area (Å²) >= 11 is 0. The Labute approximate surface area is 210 Å². The molecule has 0 aliphatic carbocycles. The first kappa shape index (κ1) is 29.6. The third kappa shape index (κ3) is 7.57. The summed E-state index contributed by atoms with van der Waals surface area (Å²) in [6.45, 7) is -0.360. The van der Waals surface area contributed by atoms with Crippen LogP contribution in [0, 0.1) is 5.92 Å². The van der Waals surface area contributed by atoms with E-state index < -0.39 is 48.2 Å². The SMILES string of the molecule is O=C(O)C1CCCN(c2cc(CN3CCN(C(=O)OC(C(F)(F)F)C(F)(F)F)CC3)cc(C(F)(F)F)c2)C1. The molecule has 0 aromatic heterocycles. The maximum Gasteiger partial charge on any atom is 0.434 e. The highest BCUT2D eigenvalue weighted by Gasteiger charge is 2.60. The number of hydrogen-bond acceptors (Lipinski definition) is 5. The Hall–Kier alpha value is -2.91. The minimum absolute atomic E-state index is 0.0354. The van der Waals surface area contributed by atoms with Crippen molar-refractivity contribution < 1.29 is 58.9 Å². The standard InChI is InChI=1S/C22H24F9N3O4/c23-20(24,25)15-8-13(9-16(10-15)34-3-1-2-14(12-34)17(35)36)11-32-4-6-33(7-5-32)19(37)38-18(21(26,27)28)22(29,30)31/h8-10,14,18H,1-7,11-12H2,(H,35,36). The van der Waals surface area contributed by atoms with Crippen LogP contribution >= 0.6 is 0 Å². The molecule has 1 atom stereocenters. The highest BCUT2D eigenvalue weighted by molar-refractivity contribution is 5.71. The smallest absolute Gasteiger partial charge is 0.434 e. The van der Waals surface area contributed by atoms with Crippen molar-refractivity contribution in [1.82, 2.24) is 9.80 Å². The Morgan fingerprint density at radius 1 is 0.921 bits per heavy atom. The van der Waals surface area contributed by atoms with E-state index in [1.54, 1.807) is 9.80 Å². The van der Waals surface area contributed by atoms with Gasteiger partial charge in [-0.05, 0) is 36.6 Å². The molecular formula is C22H24F9N3O4. The third-order valence-electron chi connectivity index (χ3n) is 6.29. The second-order valence-electron chi connectivity index (χ2n) is 9.12. The van der Waals surface area contributed by atoms with Gasteiger partial charge in [-0.25, -0.2) is 4.79 Å². The maximum atomic E-state index is 13.6. The van der Waals surface area contributed by atoms with Crippen LogP contribution in [0.15, 0.2) is 18.2 Å². The van der Waals surface area contributed by atoms with Crippen molar-refractivity contribution in [3.05, 3.63) is 29.3 Å². The van der Waals surface area contributed by atoms with Gasteiger partial charge in [-0.15, -0.1) is 0 Å². The lowest BCUT2D eigenvalue weighted by molar-refractivity contribution is -0.308. The van der Waals surface area contributed by atoms with E-state index in [2.05, 4.69) is 4.74 Å². The molecule has 2 aliphatic heterocycles. The molecule has 3 rings (SSSR count). The van der Waals surface area contributed by atoms with Gasteiger partial charge in [0.1, 0.15) is 0 Å². The zero-order valence-electron chi connectivity index (χ0n) is 19.7. The number of alkyl halides is 9. The first-order chi connectivity index (χ1) is 17.4. The molecule has 1 N–H and O–H groups in total. The van der Waals surface area contributed by atoms with E-state index in [9.17, 15) is 54.2 Å². The minimum Gasteiger partial charge on any atom is -0.481 e. The van der Waals surface area contributed by atoms with Gasteiger partial charge in [-0.2, -0.15) is 39.5 Å². The fourth-order valence-corrected chi connectivity index (χ4v) is 4.37. The Morgan fingerprint density at radius 2 is 1.53 bits per heavy atom. The summed E-state index contributed by atoms with van der Waals surface area (Å²) in [4.78, 5) is 27.1. The summed E-state index contributed by atoms with van der Waals surface area (Å²) < 4.78 is 120. The molecule has 1 unspecified atom stereocenters. The van der Waals surface area contributed by atoms with Crippen molar-refractivity contribution in [2.24, 2.45) is 5.92 Å². The average Bonchev–Trinajstić information content (AvgIpc) is 2.80. The number of ether oxygens (including phenoxy) is 1. The number of halogens is 9. The molecular weight excluding hydrogens is 541 g/mol. The molecule has 38 heavy (non-hydrogen) atoms. The third-order valence-corrected chi connectivity index (χ3v) is 6.29. The number of carbonyl (C=O) groups excluding carboxylic acids is 1. The van der Waals surface area contributed by atoms with Crippen molar-refractivity contribution in [1.29, 1.82) is 0 Å². The van der Waals surface area contributed by atoms with Crippen LogP contribution in [0.1, 0.15) is 24.0 Å². The van der Waals surface area contributed by atoms with E-state index in [1.165, 1.54) is 6.07 Å². The zero-order chi connectivity index (χ0) is 28.5. The molecule has 1 aromatic rings. The Balaban J connectivity index is 1.68. The molecule has 0 radical (unpaired) electrons. The number of amides is 1. The van der Waals surface area contributed by atoms with E-state index >= 15 is 0 Å². The molecule has 1 aromatic carbocycles. The first-order valence-electron chi connectivity index (χ1n) is 11.5. The van der Waals surface area contributed by atoms with Crippen molar-refractivity contribution in [3.63, 3.8) is 0 Å². The minimum atomic E-state index is -5.85. The van der Waals surface area contributed by atoms with Crippen LogP contribution in [0.25, 0.3) is 0 Å². The molecule has 1 amide bonds. The summed E-state index contributed by atoms with van der Waals surface area (Å²) in [7, 11) is 0. The molecule has 2 fully saturated rings. The summed E-state index contributed by atoms with van der Waals surface area (Å²) in [5.74, 6) is -1.78. The first-order valence-corrected chi connectivity index (χ1v) is 11.5. The Kier molecular flexibility index (Phi) is 8.63. The number of piperazine rings is 1. The number of carboxylic acid groups (broad SMARTS) is 1. The summed E-state index contributed by atoms with van der Waals surface area (Å²) in [5.41, 5.74) is -0.541. The number of carbonyl (C=O) groups is 2. The van der Waals surface area contributed by atoms with Crippen LogP contribution in [-0.4, -0.2) is 84.7 Å². The Morgan fingerprint density at radius 3 is 2.05 bits per heavy atom. The van der Waals surface area contributed by atoms with Crippen molar-refractivity contribution in [3.8, 4) is 0 Å². The fourth-order valence-electron chi connectivity index (χ4n) is 4.37. The van der Waals surface area contributed by atoms with Crippen molar-refractivity contribution in [2.75, 3.05) is 44.2 Å². The quantitative estimate of drug-likeness (QED) is 0.520. The summed E-state index contributed by atoms with van der Waals surface area (Å²) in [5, 5.41) is 9.28. The van der Waals surface area contributed by atoms with Crippen LogP contribution in [0.3, 0.4) is 0 Å². The van der Waals surface area contributed by atoms with Gasteiger partial charge in [-0.1, -0.05) is 0 Å². The number of carboxylic acids is 1. The van der Waals surface area contributed by atoms with E-state index in [-0.39, 0.29) is 50.5 Å². The monoisotopic (exact) mass is 565 g/mol. The zero-order valence-corrected chi connectivity index (χ0v) is 19.7. The van der Waals surface area contributed by atoms with E-state index in [0.29, 0.717) is 24.3 Å². The van der Waals surface area contributed by atoms with Gasteiger partial charge in [0.15, 0.2) is 0 Å². The van der Waals surface area contributed by atoms with Crippen LogP contribution in [0.4, 0.5) is 50.0 Å². The van der Waals surface area contributed by atoms with Gasteiger partial charge in [0, 0.05) is 51.5 Å². The number of aliphatic carboxylic acids is 1. The predicted octanol–water partition coefficient (Wildman–Crippen LogP) is 4.75. The topological polar surface area (TPSA) is 73.3 Å². The maximum absolute atomic E-state index is 13.6. The number of nitrogens with zero attached hydrogens (tertiary/aromatic N) is 3. The van der Waals surface area contributed by atoms with Crippen molar-refractivity contribution >= 4 is 17.7 Å². The number of rotatable bonds is 5. The molecule has 2 aliphatic rings. The lowest BCUT2D eigenvalue weighted by atomic mass is 9.97. The van der Waals surface area contributed by atoms with Gasteiger partial charge < -0.3 is 19.6 Å². The lowest BCUT2D eigenvalue weighted by Crippen LogP contribution is -2.52. The number of benzene rings is 1. The molecule has 0 bridgehead atoms. The van der Waals surface area contributed by atoms with Crippen LogP contribution in [0.5, 0.6) is 0 Å². The van der Waals surface area contributed by atoms with Gasteiger partial charge >= 0.3 is 30.6 Å². The highest BCUT2D eigenvalue weighted by atomic mass is 19.4. The molecule has 2 heterocycles. The Bertz CT molecular complexity index is 991. The van der Waals surface area contributed by atoms with E-state index in [0.717, 1.165) is 12.1 Å². The number of anilines is 1. The number of piperidine rings is 1. The molecule has 0 spiro atoms. The molecule has 16 heteroatoms. The summed E-state index contributed by atoms with van der Waals surface area (Å²) in [6, 6.07) is 3.33. The summed E-state index contributed by atoms with van der Waals surface area (Å²) in [6.07, 6.45) is -21.6. The van der Waals surface area contributed by atoms with Crippen LogP contribution < -0.4 is 4.90 Å². The van der Waals surface area contributed by atoms with E-state index in [4.69, 9.17) is 0 Å². The predicted molar refractivity (Wildman–Crippen MR) is 113 cm³/mol. The number of hydrogen-bond donors (Lipinski definition) is 1. The average molecular weight is 565 g/mol. The van der Waals surface area contributed by atoms with Gasteiger partial charge in [0.25, 0.3) is 6.10 Å². The highest BCUT2D eigenvalue weighted by Crippen LogP contribution is 2.37. The molecule has 214 valence electrons. The second-order valence-corrected chi connectivity index (χ2v) is 9.12. The van der Waals surface area contributed by atoms with Crippen molar-refractivity contribution in [2.45, 2.75) is 44.0 Å². The second kappa shape index (κ2) is 11.1. The molecule has 7 nitrogen and oxygen atoms in total. The molecule has 2 saturated heterocycles. The van der Waals surface area contributed by atoms with Crippen LogP contribution in [-0.2, 0) is 22.3 Å². The van der Waals surface area contributed by atoms with Gasteiger partial charge in [0.2, 0.25) is 0 Å². The molecule has 0 saturated carbocycles. The van der Waals surface area contributed by atoms with E-state index in [1.807, 2.05) is 0 Å². The largest absolute Gasteiger partial charge is 0.481 e. The normalized spacial score (nSPS) is 20.1. The lowest BCUT2D eigenvalue weighted by Gasteiger charge is -2.36. The van der Waals surface area contributed by atoms with Gasteiger partial charge in [0.05, 0.1) is 11.5 Å². The van der Waals surface area contributed by atoms with Crippen LogP contribution in [0.2, 0.25) is 0 Å².